The Morgan fingerprint density at radius 3 is 3.10 bits per heavy atom. The van der Waals surface area contributed by atoms with Gasteiger partial charge in [0.1, 0.15) is 12.1 Å². The Balaban J connectivity index is 1.82. The van der Waals surface area contributed by atoms with Crippen molar-refractivity contribution in [2.45, 2.75) is 13.5 Å². The largest absolute Gasteiger partial charge is 0.476 e. The molecular weight excluding hydrogens is 262 g/mol. The zero-order valence-corrected chi connectivity index (χ0v) is 10.5. The van der Waals surface area contributed by atoms with E-state index in [0.717, 1.165) is 11.5 Å². The quantitative estimate of drug-likeness (QED) is 0.631. The first kappa shape index (κ1) is 12.1. The summed E-state index contributed by atoms with van der Waals surface area (Å²) >= 11 is 0. The highest BCUT2D eigenvalue weighted by Crippen LogP contribution is 2.11. The van der Waals surface area contributed by atoms with Crippen molar-refractivity contribution < 1.29 is 9.90 Å². The van der Waals surface area contributed by atoms with Crippen molar-refractivity contribution in [3.63, 3.8) is 0 Å². The van der Waals surface area contributed by atoms with E-state index >= 15 is 0 Å². The maximum atomic E-state index is 10.7. The maximum Gasteiger partial charge on any atom is 0.356 e. The van der Waals surface area contributed by atoms with Crippen molar-refractivity contribution in [1.82, 2.24) is 29.8 Å². The van der Waals surface area contributed by atoms with E-state index in [4.69, 9.17) is 5.11 Å². The molecule has 0 bridgehead atoms. The second kappa shape index (κ2) is 4.61. The van der Waals surface area contributed by atoms with Crippen molar-refractivity contribution >= 4 is 17.6 Å². The molecule has 0 unspecified atom stereocenters. The molecule has 0 aliphatic carbocycles. The number of nitrogens with one attached hydrogen (secondary N) is 2. The molecule has 3 heterocycles. The van der Waals surface area contributed by atoms with Gasteiger partial charge in [-0.1, -0.05) is 0 Å². The molecule has 0 fully saturated rings. The van der Waals surface area contributed by atoms with Crippen LogP contribution in [0.5, 0.6) is 0 Å². The van der Waals surface area contributed by atoms with Gasteiger partial charge in [-0.25, -0.2) is 9.78 Å². The van der Waals surface area contributed by atoms with E-state index in [9.17, 15) is 4.79 Å². The van der Waals surface area contributed by atoms with Crippen LogP contribution in [-0.2, 0) is 6.54 Å². The van der Waals surface area contributed by atoms with Gasteiger partial charge in [0.2, 0.25) is 0 Å². The Hall–Kier alpha value is -2.97. The molecule has 0 saturated heterocycles. The molecule has 3 aromatic heterocycles. The SMILES string of the molecule is Cc1cc(NCc2cc(C(=O)O)n[nH]2)n2ncnc2n1. The normalized spacial score (nSPS) is 10.8. The van der Waals surface area contributed by atoms with E-state index in [1.807, 2.05) is 13.0 Å². The second-order valence-electron chi connectivity index (χ2n) is 4.19. The zero-order valence-electron chi connectivity index (χ0n) is 10.5. The van der Waals surface area contributed by atoms with Gasteiger partial charge in [0, 0.05) is 11.8 Å². The van der Waals surface area contributed by atoms with E-state index in [1.54, 1.807) is 4.52 Å². The van der Waals surface area contributed by atoms with Gasteiger partial charge >= 0.3 is 5.97 Å². The molecule has 9 heteroatoms. The topological polar surface area (TPSA) is 121 Å². The smallest absolute Gasteiger partial charge is 0.356 e. The van der Waals surface area contributed by atoms with Gasteiger partial charge in [-0.15, -0.1) is 0 Å². The number of carboxylic acids is 1. The van der Waals surface area contributed by atoms with Crippen LogP contribution in [0.2, 0.25) is 0 Å². The van der Waals surface area contributed by atoms with Crippen LogP contribution in [0.15, 0.2) is 18.5 Å². The Morgan fingerprint density at radius 1 is 1.50 bits per heavy atom. The van der Waals surface area contributed by atoms with Crippen molar-refractivity contribution in [2.75, 3.05) is 5.32 Å². The molecule has 0 saturated carbocycles. The van der Waals surface area contributed by atoms with Gasteiger partial charge in [-0.05, 0) is 13.0 Å². The summed E-state index contributed by atoms with van der Waals surface area (Å²) in [5.74, 6) is 0.158. The Bertz CT molecular complexity index is 776. The molecule has 0 amide bonds. The number of anilines is 1. The number of rotatable bonds is 4. The number of fused-ring (bicyclic) bond motifs is 1. The van der Waals surface area contributed by atoms with Crippen molar-refractivity contribution in [2.24, 2.45) is 0 Å². The highest BCUT2D eigenvalue weighted by Gasteiger charge is 2.09. The molecule has 0 aliphatic rings. The summed E-state index contributed by atoms with van der Waals surface area (Å²) in [6.45, 7) is 2.25. The van der Waals surface area contributed by atoms with E-state index < -0.39 is 5.97 Å². The first-order chi connectivity index (χ1) is 9.63. The molecule has 0 spiro atoms. The van der Waals surface area contributed by atoms with Crippen LogP contribution in [0.3, 0.4) is 0 Å². The summed E-state index contributed by atoms with van der Waals surface area (Å²) in [6, 6.07) is 3.30. The van der Waals surface area contributed by atoms with Crippen LogP contribution in [0, 0.1) is 6.92 Å². The molecule has 3 N–H and O–H groups in total. The third-order valence-corrected chi connectivity index (χ3v) is 2.69. The van der Waals surface area contributed by atoms with Gasteiger partial charge in [-0.2, -0.15) is 19.7 Å². The Morgan fingerprint density at radius 2 is 2.35 bits per heavy atom. The molecule has 3 rings (SSSR count). The van der Waals surface area contributed by atoms with E-state index in [2.05, 4.69) is 30.6 Å². The summed E-state index contributed by atoms with van der Waals surface area (Å²) < 4.78 is 1.57. The lowest BCUT2D eigenvalue weighted by Crippen LogP contribution is -2.07. The average molecular weight is 273 g/mol. The lowest BCUT2D eigenvalue weighted by Gasteiger charge is -2.07. The average Bonchev–Trinajstić information content (AvgIpc) is 3.04. The molecule has 0 aliphatic heterocycles. The number of hydrogen-bond acceptors (Lipinski definition) is 6. The number of carboxylic acid groups (broad SMARTS) is 1. The van der Waals surface area contributed by atoms with Crippen LogP contribution < -0.4 is 5.32 Å². The summed E-state index contributed by atoms with van der Waals surface area (Å²) in [4.78, 5) is 19.0. The first-order valence-corrected chi connectivity index (χ1v) is 5.82. The molecule has 102 valence electrons. The number of carbonyl (C=O) groups is 1. The Kier molecular flexibility index (Phi) is 2.78. The number of aryl methyl sites for hydroxylation is 1. The predicted molar refractivity (Wildman–Crippen MR) is 68.4 cm³/mol. The molecule has 0 radical (unpaired) electrons. The number of H-pyrrole nitrogens is 1. The van der Waals surface area contributed by atoms with Crippen LogP contribution in [0.25, 0.3) is 5.78 Å². The molecule has 20 heavy (non-hydrogen) atoms. The third-order valence-electron chi connectivity index (χ3n) is 2.69. The minimum Gasteiger partial charge on any atom is -0.476 e. The number of nitrogens with zero attached hydrogens (tertiary/aromatic N) is 5. The zero-order chi connectivity index (χ0) is 14.1. The van der Waals surface area contributed by atoms with Gasteiger partial charge in [-0.3, -0.25) is 5.10 Å². The first-order valence-electron chi connectivity index (χ1n) is 5.82. The van der Waals surface area contributed by atoms with Crippen molar-refractivity contribution in [1.29, 1.82) is 0 Å². The van der Waals surface area contributed by atoms with Crippen LogP contribution in [0.1, 0.15) is 21.9 Å². The second-order valence-corrected chi connectivity index (χ2v) is 4.19. The highest BCUT2D eigenvalue weighted by molar-refractivity contribution is 5.85. The third kappa shape index (κ3) is 2.16. The van der Waals surface area contributed by atoms with Gasteiger partial charge in [0.25, 0.3) is 5.78 Å². The minimum absolute atomic E-state index is 0.0152. The number of aromatic amines is 1. The molecule has 3 aromatic rings. The van der Waals surface area contributed by atoms with Crippen LogP contribution in [0.4, 0.5) is 5.82 Å². The summed E-state index contributed by atoms with van der Waals surface area (Å²) in [5.41, 5.74) is 1.45. The van der Waals surface area contributed by atoms with Gasteiger partial charge in [0.05, 0.1) is 12.2 Å². The Labute approximate surface area is 112 Å². The molecule has 9 nitrogen and oxygen atoms in total. The van der Waals surface area contributed by atoms with Gasteiger partial charge in [0.15, 0.2) is 5.69 Å². The van der Waals surface area contributed by atoms with Crippen molar-refractivity contribution in [3.05, 3.63) is 35.5 Å². The summed E-state index contributed by atoms with van der Waals surface area (Å²) in [6.07, 6.45) is 1.42. The lowest BCUT2D eigenvalue weighted by molar-refractivity contribution is 0.0690. The van der Waals surface area contributed by atoms with Crippen LogP contribution in [-0.4, -0.2) is 40.9 Å². The van der Waals surface area contributed by atoms with E-state index in [1.165, 1.54) is 12.4 Å². The monoisotopic (exact) mass is 273 g/mol. The highest BCUT2D eigenvalue weighted by atomic mass is 16.4. The molecular formula is C11H11N7O2. The summed E-state index contributed by atoms with van der Waals surface area (Å²) in [5, 5.41) is 22.4. The van der Waals surface area contributed by atoms with E-state index in [0.29, 0.717) is 18.0 Å². The number of aromatic carboxylic acids is 1. The fraction of sp³-hybridized carbons (Fsp3) is 0.182. The standard InChI is InChI=1S/C11H11N7O2/c1-6-2-9(18-11(15-6)13-5-14-18)12-4-7-3-8(10(19)20)17-16-7/h2-3,5,12H,4H2,1H3,(H,16,17)(H,19,20). The maximum absolute atomic E-state index is 10.7. The summed E-state index contributed by atoms with van der Waals surface area (Å²) in [7, 11) is 0. The van der Waals surface area contributed by atoms with Crippen LogP contribution >= 0.6 is 0 Å². The fourth-order valence-corrected chi connectivity index (χ4v) is 1.80. The fourth-order valence-electron chi connectivity index (χ4n) is 1.80. The number of aromatic nitrogens is 6. The molecule has 0 aromatic carbocycles. The molecule has 0 atom stereocenters. The van der Waals surface area contributed by atoms with Gasteiger partial charge < -0.3 is 10.4 Å². The predicted octanol–water partition coefficient (Wildman–Crippen LogP) is 0.466. The van der Waals surface area contributed by atoms with E-state index in [-0.39, 0.29) is 5.69 Å². The number of hydrogen-bond donors (Lipinski definition) is 3. The minimum atomic E-state index is -1.06. The van der Waals surface area contributed by atoms with Crippen molar-refractivity contribution in [3.8, 4) is 0 Å². The lowest BCUT2D eigenvalue weighted by atomic mass is 10.3.